The van der Waals surface area contributed by atoms with Gasteiger partial charge in [0.05, 0.1) is 33.7 Å². The predicted octanol–water partition coefficient (Wildman–Crippen LogP) is 5.52. The van der Waals surface area contributed by atoms with Gasteiger partial charge >= 0.3 is 5.97 Å². The van der Waals surface area contributed by atoms with Gasteiger partial charge in [-0.05, 0) is 58.7 Å². The second-order valence-electron chi connectivity index (χ2n) is 7.24. The van der Waals surface area contributed by atoms with E-state index in [1.54, 1.807) is 31.2 Å². The average molecular weight is 586 g/mol. The predicted molar refractivity (Wildman–Crippen MR) is 132 cm³/mol. The fourth-order valence-electron chi connectivity index (χ4n) is 2.93. The van der Waals surface area contributed by atoms with Crippen molar-refractivity contribution in [3.63, 3.8) is 0 Å². The van der Waals surface area contributed by atoms with Gasteiger partial charge in [0.1, 0.15) is 5.82 Å². The van der Waals surface area contributed by atoms with Crippen LogP contribution in [-0.4, -0.2) is 35.1 Å². The molecule has 168 valence electrons. The normalized spacial score (nSPS) is 12.5. The molecule has 0 saturated carbocycles. The molecule has 1 atom stereocenters. The number of fused-ring (bicyclic) bond motifs is 1. The Balaban J connectivity index is 2.02. The molecule has 0 bridgehead atoms. The minimum absolute atomic E-state index is 0.0289. The Bertz CT molecular complexity index is 1250. The van der Waals surface area contributed by atoms with Crippen LogP contribution in [0.5, 0.6) is 5.75 Å². The second kappa shape index (κ2) is 10.1. The van der Waals surface area contributed by atoms with E-state index in [-0.39, 0.29) is 16.5 Å². The number of rotatable bonds is 6. The van der Waals surface area contributed by atoms with Gasteiger partial charge in [-0.3, -0.25) is 4.79 Å². The topological polar surface area (TPSA) is 82.8 Å². The summed E-state index contributed by atoms with van der Waals surface area (Å²) in [6, 6.07) is 8.71. The molecule has 0 N–H and O–H groups in total. The first kappa shape index (κ1) is 24.4. The maximum atomic E-state index is 13.1. The highest BCUT2D eigenvalue weighted by atomic mass is 79.9. The molecule has 0 fully saturated rings. The summed E-state index contributed by atoms with van der Waals surface area (Å²) in [5.41, 5.74) is 0.963. The molecular weight excluding hydrogens is 566 g/mol. The molecule has 7 nitrogen and oxygen atoms in total. The van der Waals surface area contributed by atoms with Crippen LogP contribution in [0.25, 0.3) is 10.9 Å². The Labute approximate surface area is 206 Å². The molecule has 3 rings (SSSR count). The summed E-state index contributed by atoms with van der Waals surface area (Å²) < 4.78 is 12.9. The molecule has 0 radical (unpaired) electrons. The number of aromatic nitrogens is 2. The Hall–Kier alpha value is -2.23. The summed E-state index contributed by atoms with van der Waals surface area (Å²) in [4.78, 5) is 29.4. The largest absolute Gasteiger partial charge is 0.476 e. The molecule has 1 heterocycles. The van der Waals surface area contributed by atoms with Crippen molar-refractivity contribution in [1.29, 1.82) is 0 Å². The zero-order valence-electron chi connectivity index (χ0n) is 17.7. The molecule has 0 unspecified atom stereocenters. The number of methoxy groups -OCH3 is 1. The van der Waals surface area contributed by atoms with Gasteiger partial charge in [-0.1, -0.05) is 41.4 Å². The van der Waals surface area contributed by atoms with Crippen molar-refractivity contribution in [2.75, 3.05) is 7.11 Å². The van der Waals surface area contributed by atoms with Crippen molar-refractivity contribution in [3.8, 4) is 5.75 Å². The van der Waals surface area contributed by atoms with Crippen LogP contribution < -0.4 is 10.3 Å². The smallest absolute Gasteiger partial charge is 0.346 e. The number of carbonyl (C=O) groups excluding carboxylic acids is 1. The zero-order valence-corrected chi connectivity index (χ0v) is 21.7. The van der Waals surface area contributed by atoms with Gasteiger partial charge < -0.3 is 9.47 Å². The lowest BCUT2D eigenvalue weighted by molar-refractivity contribution is -0.147. The molecule has 0 aliphatic rings. The van der Waals surface area contributed by atoms with Crippen molar-refractivity contribution in [2.45, 2.75) is 32.8 Å². The van der Waals surface area contributed by atoms with E-state index in [1.807, 2.05) is 19.9 Å². The van der Waals surface area contributed by atoms with E-state index in [4.69, 9.17) is 16.3 Å². The van der Waals surface area contributed by atoms with E-state index in [9.17, 15) is 9.59 Å². The molecule has 2 aromatic carbocycles. The summed E-state index contributed by atoms with van der Waals surface area (Å²) in [6.07, 6.45) is 0.687. The standard InChI is InChI=1S/C22H20Br2ClN3O4/c1-11(2)20-27-18-6-5-14(23)9-15(18)21(29)28(20)26-10-13-7-16(24)19(17(25)8-13)32-12(3)22(30)31-4/h5-12H,1-4H3/t12-/m0/s1. The van der Waals surface area contributed by atoms with Gasteiger partial charge in [-0.15, -0.1) is 0 Å². The third-order valence-electron chi connectivity index (χ3n) is 4.52. The number of carbonyl (C=O) groups is 1. The molecule has 0 aliphatic heterocycles. The van der Waals surface area contributed by atoms with Gasteiger partial charge in [0.15, 0.2) is 11.9 Å². The number of halogens is 3. The molecule has 0 aliphatic carbocycles. The first-order valence-corrected chi connectivity index (χ1v) is 11.6. The monoisotopic (exact) mass is 583 g/mol. The van der Waals surface area contributed by atoms with E-state index in [0.717, 1.165) is 4.47 Å². The first-order chi connectivity index (χ1) is 15.1. The van der Waals surface area contributed by atoms with E-state index >= 15 is 0 Å². The fourth-order valence-corrected chi connectivity index (χ4v) is 4.25. The number of hydrogen-bond donors (Lipinski definition) is 0. The highest BCUT2D eigenvalue weighted by Crippen LogP contribution is 2.35. The van der Waals surface area contributed by atoms with E-state index in [2.05, 4.69) is 46.7 Å². The van der Waals surface area contributed by atoms with Crippen LogP contribution in [0.1, 0.15) is 38.1 Å². The maximum Gasteiger partial charge on any atom is 0.346 e. The van der Waals surface area contributed by atoms with Crippen LogP contribution in [0.3, 0.4) is 0 Å². The molecule has 1 aromatic heterocycles. The van der Waals surface area contributed by atoms with E-state index < -0.39 is 12.1 Å². The van der Waals surface area contributed by atoms with Crippen LogP contribution in [0, 0.1) is 0 Å². The number of nitrogens with zero attached hydrogens (tertiary/aromatic N) is 3. The Morgan fingerprint density at radius 1 is 1.22 bits per heavy atom. The van der Waals surface area contributed by atoms with Gasteiger partial charge in [0.25, 0.3) is 5.56 Å². The third-order valence-corrected chi connectivity index (χ3v) is 5.88. The highest BCUT2D eigenvalue weighted by molar-refractivity contribution is 9.10. The third kappa shape index (κ3) is 5.22. The van der Waals surface area contributed by atoms with Gasteiger partial charge in [-0.2, -0.15) is 9.78 Å². The maximum absolute atomic E-state index is 13.1. The number of benzene rings is 2. The van der Waals surface area contributed by atoms with Crippen LogP contribution in [0.15, 0.2) is 49.2 Å². The van der Waals surface area contributed by atoms with Crippen molar-refractivity contribution in [3.05, 3.63) is 66.0 Å². The molecule has 0 amide bonds. The lowest BCUT2D eigenvalue weighted by Gasteiger charge is -2.15. The van der Waals surface area contributed by atoms with Crippen molar-refractivity contribution in [1.82, 2.24) is 9.66 Å². The second-order valence-corrected chi connectivity index (χ2v) is 9.42. The van der Waals surface area contributed by atoms with Crippen LogP contribution in [-0.2, 0) is 9.53 Å². The molecule has 3 aromatic rings. The summed E-state index contributed by atoms with van der Waals surface area (Å²) in [5.74, 6) is 0.297. The van der Waals surface area contributed by atoms with Gasteiger partial charge in [0.2, 0.25) is 0 Å². The number of esters is 1. The summed E-state index contributed by atoms with van der Waals surface area (Å²) in [6.45, 7) is 5.45. The van der Waals surface area contributed by atoms with Gasteiger partial charge in [-0.25, -0.2) is 9.78 Å². The summed E-state index contributed by atoms with van der Waals surface area (Å²) in [5, 5.41) is 5.13. The van der Waals surface area contributed by atoms with Crippen molar-refractivity contribution in [2.24, 2.45) is 5.10 Å². The molecule has 0 saturated heterocycles. The number of ether oxygens (including phenoxy) is 2. The SMILES string of the molecule is COC(=O)[C@H](C)Oc1c(Cl)cc(C=Nn2c(C(C)C)nc3ccc(Br)cc3c2=O)cc1Br. The van der Waals surface area contributed by atoms with E-state index in [0.29, 0.717) is 32.5 Å². The highest BCUT2D eigenvalue weighted by Gasteiger charge is 2.19. The lowest BCUT2D eigenvalue weighted by atomic mass is 10.2. The Morgan fingerprint density at radius 2 is 1.94 bits per heavy atom. The summed E-state index contributed by atoms with van der Waals surface area (Å²) >= 11 is 13.2. The number of hydrogen-bond acceptors (Lipinski definition) is 6. The lowest BCUT2D eigenvalue weighted by Crippen LogP contribution is -2.25. The molecule has 10 heteroatoms. The van der Waals surface area contributed by atoms with Crippen molar-refractivity contribution >= 4 is 66.5 Å². The minimum Gasteiger partial charge on any atom is -0.476 e. The first-order valence-electron chi connectivity index (χ1n) is 9.62. The van der Waals surface area contributed by atoms with Crippen molar-refractivity contribution < 1.29 is 14.3 Å². The minimum atomic E-state index is -0.830. The zero-order chi connectivity index (χ0) is 23.6. The molecular formula is C22H20Br2ClN3O4. The van der Waals surface area contributed by atoms with E-state index in [1.165, 1.54) is 18.0 Å². The Kier molecular flexibility index (Phi) is 7.74. The van der Waals surface area contributed by atoms with Crippen LogP contribution in [0.4, 0.5) is 0 Å². The Morgan fingerprint density at radius 3 is 2.56 bits per heavy atom. The van der Waals surface area contributed by atoms with Crippen LogP contribution >= 0.6 is 43.5 Å². The quantitative estimate of drug-likeness (QED) is 0.281. The summed E-state index contributed by atoms with van der Waals surface area (Å²) in [7, 11) is 1.28. The molecule has 0 spiro atoms. The van der Waals surface area contributed by atoms with Crippen LogP contribution in [0.2, 0.25) is 5.02 Å². The molecule has 32 heavy (non-hydrogen) atoms. The van der Waals surface area contributed by atoms with Gasteiger partial charge in [0, 0.05) is 10.4 Å². The fraction of sp³-hybridized carbons (Fsp3) is 0.273. The average Bonchev–Trinajstić information content (AvgIpc) is 2.74.